The highest BCUT2D eigenvalue weighted by Crippen LogP contribution is 2.23. The highest BCUT2D eigenvalue weighted by molar-refractivity contribution is 9.10. The minimum absolute atomic E-state index is 0.553. The Kier molecular flexibility index (Phi) is 4.42. The number of aromatic nitrogens is 2. The largest absolute Gasteiger partial charge is 0.487 e. The molecule has 4 heteroatoms. The van der Waals surface area contributed by atoms with Crippen molar-refractivity contribution < 1.29 is 4.74 Å². The van der Waals surface area contributed by atoms with Gasteiger partial charge in [-0.25, -0.2) is 4.98 Å². The van der Waals surface area contributed by atoms with E-state index in [4.69, 9.17) is 4.74 Å². The summed E-state index contributed by atoms with van der Waals surface area (Å²) in [5, 5.41) is 0. The highest BCUT2D eigenvalue weighted by Gasteiger charge is 2.04. The Morgan fingerprint density at radius 1 is 1.39 bits per heavy atom. The maximum absolute atomic E-state index is 5.86. The summed E-state index contributed by atoms with van der Waals surface area (Å²) in [6, 6.07) is 6.06. The second-order valence-electron chi connectivity index (χ2n) is 4.28. The zero-order chi connectivity index (χ0) is 13.0. The van der Waals surface area contributed by atoms with Gasteiger partial charge in [0.25, 0.3) is 0 Å². The fraction of sp³-hybridized carbons (Fsp3) is 0.357. The lowest BCUT2D eigenvalue weighted by molar-refractivity contribution is 0.292. The lowest BCUT2D eigenvalue weighted by atomic mass is 10.2. The first-order valence-corrected chi connectivity index (χ1v) is 6.88. The molecule has 0 saturated carbocycles. The highest BCUT2D eigenvalue weighted by atomic mass is 79.9. The average molecular weight is 309 g/mol. The maximum atomic E-state index is 5.86. The molecule has 18 heavy (non-hydrogen) atoms. The summed E-state index contributed by atoms with van der Waals surface area (Å²) in [4.78, 5) is 4.17. The van der Waals surface area contributed by atoms with Crippen LogP contribution in [0.4, 0.5) is 0 Å². The zero-order valence-electron chi connectivity index (χ0n) is 10.7. The minimum atomic E-state index is 0.553. The van der Waals surface area contributed by atoms with Gasteiger partial charge in [-0.2, -0.15) is 0 Å². The third-order valence-corrected chi connectivity index (χ3v) is 3.28. The number of halogens is 1. The van der Waals surface area contributed by atoms with Gasteiger partial charge in [0.1, 0.15) is 12.4 Å². The first-order chi connectivity index (χ1) is 8.70. The third-order valence-electron chi connectivity index (χ3n) is 2.79. The predicted molar refractivity (Wildman–Crippen MR) is 75.7 cm³/mol. The van der Waals surface area contributed by atoms with Crippen LogP contribution in [0.5, 0.6) is 5.75 Å². The summed E-state index contributed by atoms with van der Waals surface area (Å²) < 4.78 is 9.02. The van der Waals surface area contributed by atoms with Crippen LogP contribution in [0.1, 0.15) is 24.6 Å². The molecule has 96 valence electrons. The van der Waals surface area contributed by atoms with Gasteiger partial charge in [-0.1, -0.05) is 28.9 Å². The second-order valence-corrected chi connectivity index (χ2v) is 5.19. The second kappa shape index (κ2) is 6.05. The molecule has 0 unspecified atom stereocenters. The fourth-order valence-electron chi connectivity index (χ4n) is 1.79. The molecule has 0 bridgehead atoms. The van der Waals surface area contributed by atoms with Crippen LogP contribution in [0.2, 0.25) is 0 Å². The molecule has 1 aromatic carbocycles. The molecule has 3 nitrogen and oxygen atoms in total. The number of hydrogen-bond donors (Lipinski definition) is 0. The molecule has 1 aromatic heterocycles. The lowest BCUT2D eigenvalue weighted by Gasteiger charge is -2.11. The number of benzene rings is 1. The molecule has 0 N–H and O–H groups in total. The van der Waals surface area contributed by atoms with Crippen molar-refractivity contribution in [2.24, 2.45) is 0 Å². The van der Waals surface area contributed by atoms with E-state index >= 15 is 0 Å². The quantitative estimate of drug-likeness (QED) is 0.836. The Hall–Kier alpha value is -1.29. The molecule has 0 spiro atoms. The summed E-state index contributed by atoms with van der Waals surface area (Å²) in [6.45, 7) is 5.74. The van der Waals surface area contributed by atoms with Gasteiger partial charge in [-0.05, 0) is 31.0 Å². The minimum Gasteiger partial charge on any atom is -0.487 e. The summed E-state index contributed by atoms with van der Waals surface area (Å²) in [7, 11) is 0. The SMILES string of the molecule is CCCn1cncc1COc1cc(Br)ccc1C. The number of aryl methyl sites for hydroxylation is 2. The normalized spacial score (nSPS) is 10.6. The van der Waals surface area contributed by atoms with Crippen LogP contribution in [0.25, 0.3) is 0 Å². The number of hydrogen-bond acceptors (Lipinski definition) is 2. The Labute approximate surface area is 116 Å². The molecule has 0 atom stereocenters. The number of rotatable bonds is 5. The molecule has 2 rings (SSSR count). The summed E-state index contributed by atoms with van der Waals surface area (Å²) >= 11 is 3.46. The van der Waals surface area contributed by atoms with E-state index in [2.05, 4.69) is 32.4 Å². The molecule has 1 heterocycles. The van der Waals surface area contributed by atoms with Gasteiger partial charge >= 0.3 is 0 Å². The van der Waals surface area contributed by atoms with Crippen molar-refractivity contribution in [3.05, 3.63) is 46.5 Å². The van der Waals surface area contributed by atoms with Crippen LogP contribution in [0, 0.1) is 6.92 Å². The van der Waals surface area contributed by atoms with Gasteiger partial charge in [0.2, 0.25) is 0 Å². The van der Waals surface area contributed by atoms with Crippen LogP contribution in [-0.4, -0.2) is 9.55 Å². The van der Waals surface area contributed by atoms with Crippen LogP contribution in [0.15, 0.2) is 35.2 Å². The van der Waals surface area contributed by atoms with Crippen molar-refractivity contribution in [3.8, 4) is 5.75 Å². The molecular formula is C14H17BrN2O. The number of ether oxygens (including phenoxy) is 1. The van der Waals surface area contributed by atoms with Gasteiger partial charge in [-0.15, -0.1) is 0 Å². The molecule has 0 saturated heterocycles. The molecular weight excluding hydrogens is 292 g/mol. The predicted octanol–water partition coefficient (Wildman–Crippen LogP) is 3.94. The van der Waals surface area contributed by atoms with E-state index in [0.29, 0.717) is 6.61 Å². The van der Waals surface area contributed by atoms with Crippen molar-refractivity contribution in [2.75, 3.05) is 0 Å². The van der Waals surface area contributed by atoms with Gasteiger partial charge in [-0.3, -0.25) is 0 Å². The molecule has 0 aliphatic heterocycles. The smallest absolute Gasteiger partial charge is 0.130 e. The van der Waals surface area contributed by atoms with E-state index in [1.165, 1.54) is 0 Å². The van der Waals surface area contributed by atoms with E-state index in [1.54, 1.807) is 0 Å². The van der Waals surface area contributed by atoms with E-state index in [-0.39, 0.29) is 0 Å². The van der Waals surface area contributed by atoms with Gasteiger partial charge in [0.15, 0.2) is 0 Å². The van der Waals surface area contributed by atoms with Gasteiger partial charge in [0, 0.05) is 11.0 Å². The summed E-state index contributed by atoms with van der Waals surface area (Å²) in [5.41, 5.74) is 2.25. The van der Waals surface area contributed by atoms with Crippen molar-refractivity contribution in [1.82, 2.24) is 9.55 Å². The molecule has 0 aliphatic rings. The van der Waals surface area contributed by atoms with Crippen molar-refractivity contribution in [2.45, 2.75) is 33.4 Å². The van der Waals surface area contributed by atoms with Crippen LogP contribution in [-0.2, 0) is 13.2 Å². The van der Waals surface area contributed by atoms with Gasteiger partial charge < -0.3 is 9.30 Å². The first-order valence-electron chi connectivity index (χ1n) is 6.08. The zero-order valence-corrected chi connectivity index (χ0v) is 12.3. The lowest BCUT2D eigenvalue weighted by Crippen LogP contribution is -2.05. The van der Waals surface area contributed by atoms with E-state index in [1.807, 2.05) is 37.6 Å². The Morgan fingerprint density at radius 2 is 2.22 bits per heavy atom. The first kappa shape index (κ1) is 13.1. The number of nitrogens with zero attached hydrogens (tertiary/aromatic N) is 2. The fourth-order valence-corrected chi connectivity index (χ4v) is 2.13. The van der Waals surface area contributed by atoms with E-state index in [9.17, 15) is 0 Å². The van der Waals surface area contributed by atoms with Crippen LogP contribution >= 0.6 is 15.9 Å². The van der Waals surface area contributed by atoms with Crippen molar-refractivity contribution >= 4 is 15.9 Å². The Balaban J connectivity index is 2.06. The monoisotopic (exact) mass is 308 g/mol. The standard InChI is InChI=1S/C14H17BrN2O/c1-3-6-17-10-16-8-13(17)9-18-14-7-12(15)5-4-11(14)2/h4-5,7-8,10H,3,6,9H2,1-2H3. The summed E-state index contributed by atoms with van der Waals surface area (Å²) in [5.74, 6) is 0.911. The molecule has 0 aliphatic carbocycles. The van der Waals surface area contributed by atoms with Crippen LogP contribution in [0.3, 0.4) is 0 Å². The van der Waals surface area contributed by atoms with E-state index in [0.717, 1.165) is 34.4 Å². The topological polar surface area (TPSA) is 27.1 Å². The third kappa shape index (κ3) is 3.13. The molecule has 2 aromatic rings. The number of imidazole rings is 1. The summed E-state index contributed by atoms with van der Waals surface area (Å²) in [6.07, 6.45) is 4.82. The molecule has 0 amide bonds. The average Bonchev–Trinajstić information content (AvgIpc) is 2.78. The van der Waals surface area contributed by atoms with Crippen molar-refractivity contribution in [1.29, 1.82) is 0 Å². The van der Waals surface area contributed by atoms with Gasteiger partial charge in [0.05, 0.1) is 18.2 Å². The van der Waals surface area contributed by atoms with Crippen molar-refractivity contribution in [3.63, 3.8) is 0 Å². The van der Waals surface area contributed by atoms with E-state index < -0.39 is 0 Å². The maximum Gasteiger partial charge on any atom is 0.130 e. The van der Waals surface area contributed by atoms with Crippen LogP contribution < -0.4 is 4.74 Å². The Bertz CT molecular complexity index is 522. The molecule has 0 fully saturated rings. The molecule has 0 radical (unpaired) electrons. The Morgan fingerprint density at radius 3 is 3.00 bits per heavy atom.